The van der Waals surface area contributed by atoms with Crippen molar-refractivity contribution in [1.29, 1.82) is 0 Å². The normalized spacial score (nSPS) is 17.2. The van der Waals surface area contributed by atoms with Gasteiger partial charge in [0.05, 0.1) is 6.54 Å². The maximum absolute atomic E-state index is 12.1. The second-order valence-corrected chi connectivity index (χ2v) is 20.9. The first-order valence-electron chi connectivity index (χ1n) is 10.7. The molecule has 1 heterocycles. The van der Waals surface area contributed by atoms with E-state index < -0.39 is 16.4 Å². The van der Waals surface area contributed by atoms with Crippen LogP contribution < -0.4 is 0 Å². The molecule has 0 aromatic carbocycles. The lowest BCUT2D eigenvalue weighted by Gasteiger charge is -2.38. The van der Waals surface area contributed by atoms with Crippen LogP contribution in [0.3, 0.4) is 0 Å². The van der Waals surface area contributed by atoms with E-state index in [4.69, 9.17) is 9.16 Å². The van der Waals surface area contributed by atoms with Gasteiger partial charge in [-0.3, -0.25) is 0 Å². The molecule has 1 rings (SSSR count). The van der Waals surface area contributed by atoms with Gasteiger partial charge in [-0.2, -0.15) is 0 Å². The quantitative estimate of drug-likeness (QED) is 0.161. The molecule has 1 aliphatic rings. The summed E-state index contributed by atoms with van der Waals surface area (Å²) in [5.74, 6) is 0.708. The van der Waals surface area contributed by atoms with Gasteiger partial charge >= 0.3 is 6.09 Å². The van der Waals surface area contributed by atoms with Crippen molar-refractivity contribution >= 4 is 22.5 Å². The molecule has 6 heteroatoms. The van der Waals surface area contributed by atoms with E-state index in [9.17, 15) is 4.79 Å². The number of unbranched alkanes of at least 4 members (excludes halogenated alkanes) is 3. The lowest BCUT2D eigenvalue weighted by molar-refractivity contribution is 0.152. The zero-order valence-electron chi connectivity index (χ0n) is 19.8. The molecular formula is C22H43NO3Si2. The number of carbonyl (C=O) groups excluding carboxylic acids is 1. The third-order valence-corrected chi connectivity index (χ3v) is 11.4. The first-order valence-corrected chi connectivity index (χ1v) is 17.3. The van der Waals surface area contributed by atoms with E-state index in [0.717, 1.165) is 25.7 Å². The van der Waals surface area contributed by atoms with Crippen LogP contribution in [0.2, 0.25) is 43.8 Å². The summed E-state index contributed by atoms with van der Waals surface area (Å²) in [5, 5.41) is 0.0917. The molecular weight excluding hydrogens is 382 g/mol. The number of ether oxygens (including phenoxy) is 1. The number of nitrogens with zero attached hydrogens (tertiary/aromatic N) is 1. The zero-order chi connectivity index (χ0) is 21.6. The molecule has 1 amide bonds. The van der Waals surface area contributed by atoms with Crippen LogP contribution in [0.1, 0.15) is 53.4 Å². The Kier molecular flexibility index (Phi) is 9.07. The molecule has 0 unspecified atom stereocenters. The van der Waals surface area contributed by atoms with Gasteiger partial charge in [0.1, 0.15) is 6.61 Å². The van der Waals surface area contributed by atoms with Crippen LogP contribution in [0.25, 0.3) is 0 Å². The molecule has 0 radical (unpaired) electrons. The minimum Gasteiger partial charge on any atom is -0.532 e. The molecule has 1 aliphatic heterocycles. The molecule has 162 valence electrons. The highest BCUT2D eigenvalue weighted by molar-refractivity contribution is 6.76. The minimum atomic E-state index is -2.00. The molecule has 4 nitrogen and oxygen atoms in total. The van der Waals surface area contributed by atoms with Crippen LogP contribution in [0, 0.1) is 0 Å². The van der Waals surface area contributed by atoms with Gasteiger partial charge in [-0.25, -0.2) is 9.69 Å². The van der Waals surface area contributed by atoms with Gasteiger partial charge in [-0.15, -0.1) is 0 Å². The molecule has 0 bridgehead atoms. The first kappa shape index (κ1) is 25.0. The van der Waals surface area contributed by atoms with Crippen LogP contribution in [-0.2, 0) is 9.16 Å². The highest BCUT2D eigenvalue weighted by Crippen LogP contribution is 2.38. The van der Waals surface area contributed by atoms with E-state index in [-0.39, 0.29) is 11.1 Å². The van der Waals surface area contributed by atoms with E-state index >= 15 is 0 Å². The molecule has 0 saturated carbocycles. The first-order chi connectivity index (χ1) is 12.7. The van der Waals surface area contributed by atoms with Gasteiger partial charge in [-0.1, -0.05) is 52.1 Å². The smallest absolute Gasteiger partial charge is 0.416 e. The Morgan fingerprint density at radius 3 is 2.14 bits per heavy atom. The standard InChI is InChI=1S/C22H43NO3Si2/c1-19(18-27(5,6)7)14-12-10-11-13-15-20(23-16-17-25-21(23)24)26-28(8,9)22(2,3)4/h14-15H,10-13,16-18H2,1-9H3/b19-14+,20-15-. The van der Waals surface area contributed by atoms with Gasteiger partial charge in [0.2, 0.25) is 0 Å². The van der Waals surface area contributed by atoms with Crippen molar-refractivity contribution in [1.82, 2.24) is 4.90 Å². The number of carbonyl (C=O) groups is 1. The summed E-state index contributed by atoms with van der Waals surface area (Å²) < 4.78 is 11.6. The minimum absolute atomic E-state index is 0.0917. The van der Waals surface area contributed by atoms with Crippen LogP contribution in [0.15, 0.2) is 23.6 Å². The van der Waals surface area contributed by atoms with Crippen molar-refractivity contribution in [2.45, 2.75) is 97.2 Å². The largest absolute Gasteiger partial charge is 0.532 e. The summed E-state index contributed by atoms with van der Waals surface area (Å²) in [4.78, 5) is 13.7. The summed E-state index contributed by atoms with van der Waals surface area (Å²) in [6, 6.07) is 1.29. The van der Waals surface area contributed by atoms with Gasteiger partial charge in [-0.05, 0) is 62.9 Å². The second kappa shape index (κ2) is 10.1. The van der Waals surface area contributed by atoms with Crippen LogP contribution in [0.4, 0.5) is 4.79 Å². The van der Waals surface area contributed by atoms with Gasteiger partial charge in [0.15, 0.2) is 5.88 Å². The highest BCUT2D eigenvalue weighted by atomic mass is 28.4. The lowest BCUT2D eigenvalue weighted by Crippen LogP contribution is -2.43. The molecule has 0 N–H and O–H groups in total. The fourth-order valence-corrected chi connectivity index (χ4v) is 5.83. The number of amides is 1. The fourth-order valence-electron chi connectivity index (χ4n) is 2.99. The van der Waals surface area contributed by atoms with E-state index in [0.29, 0.717) is 19.0 Å². The van der Waals surface area contributed by atoms with Crippen LogP contribution >= 0.6 is 0 Å². The van der Waals surface area contributed by atoms with E-state index in [1.54, 1.807) is 4.90 Å². The Bertz CT molecular complexity index is 584. The predicted octanol–water partition coefficient (Wildman–Crippen LogP) is 7.15. The SMILES string of the molecule is C/C(=C\CCCC/C=C(\O[Si](C)(C)C(C)(C)C)N1CCOC1=O)C[Si](C)(C)C. The van der Waals surface area contributed by atoms with E-state index in [1.807, 2.05) is 0 Å². The zero-order valence-corrected chi connectivity index (χ0v) is 21.8. The topological polar surface area (TPSA) is 38.8 Å². The number of hydrogen-bond acceptors (Lipinski definition) is 3. The van der Waals surface area contributed by atoms with Crippen molar-refractivity contribution in [3.05, 3.63) is 23.6 Å². The summed E-state index contributed by atoms with van der Waals surface area (Å²) in [7, 11) is -3.01. The van der Waals surface area contributed by atoms with Gasteiger partial charge in [0, 0.05) is 8.07 Å². The van der Waals surface area contributed by atoms with Crippen molar-refractivity contribution < 1.29 is 14.0 Å². The van der Waals surface area contributed by atoms with Gasteiger partial charge in [0.25, 0.3) is 8.32 Å². The molecule has 0 spiro atoms. The maximum atomic E-state index is 12.1. The Balaban J connectivity index is 2.64. The fraction of sp³-hybridized carbons (Fsp3) is 0.773. The Morgan fingerprint density at radius 2 is 1.68 bits per heavy atom. The summed E-state index contributed by atoms with van der Waals surface area (Å²) in [6.45, 7) is 21.6. The molecule has 1 saturated heterocycles. The highest BCUT2D eigenvalue weighted by Gasteiger charge is 2.41. The average Bonchev–Trinajstić information content (AvgIpc) is 2.92. The monoisotopic (exact) mass is 425 g/mol. The molecule has 1 fully saturated rings. The summed E-state index contributed by atoms with van der Waals surface area (Å²) in [5.41, 5.74) is 1.54. The van der Waals surface area contributed by atoms with E-state index in [1.165, 1.54) is 11.6 Å². The Labute approximate surface area is 175 Å². The number of cyclic esters (lactones) is 1. The van der Waals surface area contributed by atoms with Crippen molar-refractivity contribution in [2.75, 3.05) is 13.2 Å². The summed E-state index contributed by atoms with van der Waals surface area (Å²) in [6.07, 6.45) is 8.55. The number of allylic oxidation sites excluding steroid dienone is 3. The molecule has 0 atom stereocenters. The molecule has 0 aliphatic carbocycles. The Morgan fingerprint density at radius 1 is 1.11 bits per heavy atom. The molecule has 28 heavy (non-hydrogen) atoms. The van der Waals surface area contributed by atoms with Crippen molar-refractivity contribution in [3.63, 3.8) is 0 Å². The third-order valence-electron chi connectivity index (χ3n) is 5.47. The van der Waals surface area contributed by atoms with Gasteiger partial charge < -0.3 is 9.16 Å². The number of hydrogen-bond donors (Lipinski definition) is 0. The van der Waals surface area contributed by atoms with Crippen molar-refractivity contribution in [3.8, 4) is 0 Å². The van der Waals surface area contributed by atoms with Crippen molar-refractivity contribution in [2.24, 2.45) is 0 Å². The lowest BCUT2D eigenvalue weighted by atomic mass is 10.1. The molecule has 0 aromatic heterocycles. The van der Waals surface area contributed by atoms with Crippen LogP contribution in [0.5, 0.6) is 0 Å². The maximum Gasteiger partial charge on any atom is 0.416 e. The second-order valence-electron chi connectivity index (χ2n) is 10.7. The summed E-state index contributed by atoms with van der Waals surface area (Å²) >= 11 is 0. The molecule has 0 aromatic rings. The van der Waals surface area contributed by atoms with E-state index in [2.05, 4.69) is 72.6 Å². The number of rotatable bonds is 10. The third kappa shape index (κ3) is 8.56. The predicted molar refractivity (Wildman–Crippen MR) is 125 cm³/mol. The Hall–Kier alpha value is -1.02. The average molecular weight is 426 g/mol. The van der Waals surface area contributed by atoms with Crippen LogP contribution in [-0.4, -0.2) is 40.5 Å².